The van der Waals surface area contributed by atoms with Gasteiger partial charge in [0.2, 0.25) is 0 Å². The summed E-state index contributed by atoms with van der Waals surface area (Å²) in [4.78, 5) is 72.4. The molecule has 0 aliphatic carbocycles. The van der Waals surface area contributed by atoms with Crippen LogP contribution in [0.15, 0.2) is 0 Å². The number of rotatable bonds is 70. The number of hydrogen-bond donors (Lipinski definition) is 3. The standard InChI is InChI=1S/C71H138O17P2/c1-7-10-12-14-16-17-18-19-20-21-22-23-24-25-28-32-36-43-49-55-70(75)87-66(60-82-69(74)54-48-42-35-31-29-26-27-30-34-39-45-51-63(4)5)61-85-89(77,78)83-57-65(72)58-84-90(79,80)86-62-67(59-81-68(73)53-47-41-33-15-13-11-8-2)88-71(76)56-50-44-38-37-40-46-52-64(6)9-3/h63-67,72H,7-62H2,1-6H3,(H,77,78)(H,79,80)/t64?,65-,66-,67-/m1/s1. The van der Waals surface area contributed by atoms with Gasteiger partial charge in [-0.2, -0.15) is 0 Å². The number of aliphatic hydroxyl groups excluding tert-OH is 1. The third kappa shape index (κ3) is 63.5. The third-order valence-corrected chi connectivity index (χ3v) is 18.7. The zero-order chi connectivity index (χ0) is 66.5. The molecule has 0 bridgehead atoms. The number of esters is 4. The lowest BCUT2D eigenvalue weighted by molar-refractivity contribution is -0.161. The minimum absolute atomic E-state index is 0.103. The fraction of sp³-hybridized carbons (Fsp3) is 0.944. The second-order valence-electron chi connectivity index (χ2n) is 26.3. The molecule has 0 aromatic carbocycles. The Balaban J connectivity index is 5.18. The van der Waals surface area contributed by atoms with Gasteiger partial charge in [-0.1, -0.05) is 311 Å². The van der Waals surface area contributed by atoms with Gasteiger partial charge in [0.25, 0.3) is 0 Å². The normalized spacial score (nSPS) is 14.4. The van der Waals surface area contributed by atoms with Crippen LogP contribution >= 0.6 is 15.6 Å². The fourth-order valence-electron chi connectivity index (χ4n) is 10.7. The molecule has 19 heteroatoms. The lowest BCUT2D eigenvalue weighted by atomic mass is 10.00. The zero-order valence-corrected chi connectivity index (χ0v) is 60.2. The molecule has 0 amide bonds. The Hall–Kier alpha value is -1.94. The Bertz CT molecular complexity index is 1750. The van der Waals surface area contributed by atoms with Gasteiger partial charge < -0.3 is 33.8 Å². The van der Waals surface area contributed by atoms with E-state index < -0.39 is 97.5 Å². The maximum Gasteiger partial charge on any atom is 0.472 e. The van der Waals surface area contributed by atoms with Crippen LogP contribution in [0, 0.1) is 11.8 Å². The Kier molecular flexibility index (Phi) is 61.8. The molecule has 3 unspecified atom stereocenters. The monoisotopic (exact) mass is 1320 g/mol. The summed E-state index contributed by atoms with van der Waals surface area (Å²) in [5.41, 5.74) is 0. The lowest BCUT2D eigenvalue weighted by Gasteiger charge is -2.21. The van der Waals surface area contributed by atoms with E-state index in [9.17, 15) is 43.2 Å². The summed E-state index contributed by atoms with van der Waals surface area (Å²) in [6, 6.07) is 0. The summed E-state index contributed by atoms with van der Waals surface area (Å²) in [5, 5.41) is 10.6. The van der Waals surface area contributed by atoms with E-state index in [0.29, 0.717) is 25.7 Å². The van der Waals surface area contributed by atoms with E-state index in [2.05, 4.69) is 41.5 Å². The van der Waals surface area contributed by atoms with Gasteiger partial charge in [-0.25, -0.2) is 9.13 Å². The van der Waals surface area contributed by atoms with E-state index in [-0.39, 0.29) is 25.7 Å². The molecule has 0 fully saturated rings. The van der Waals surface area contributed by atoms with Crippen molar-refractivity contribution in [1.29, 1.82) is 0 Å². The van der Waals surface area contributed by atoms with Crippen molar-refractivity contribution >= 4 is 39.5 Å². The van der Waals surface area contributed by atoms with Crippen molar-refractivity contribution in [2.75, 3.05) is 39.6 Å². The van der Waals surface area contributed by atoms with Crippen LogP contribution in [0.3, 0.4) is 0 Å². The van der Waals surface area contributed by atoms with Gasteiger partial charge in [0, 0.05) is 25.7 Å². The van der Waals surface area contributed by atoms with Gasteiger partial charge in [0.1, 0.15) is 19.3 Å². The fourth-order valence-corrected chi connectivity index (χ4v) is 12.3. The van der Waals surface area contributed by atoms with Crippen LogP contribution in [0.2, 0.25) is 0 Å². The van der Waals surface area contributed by atoms with E-state index in [0.717, 1.165) is 115 Å². The average Bonchev–Trinajstić information content (AvgIpc) is 3.72. The molecule has 3 N–H and O–H groups in total. The third-order valence-electron chi connectivity index (χ3n) is 16.8. The SMILES string of the molecule is CCCCCCCCCCCCCCCCCCCCCC(=O)O[C@H](COC(=O)CCCCCCCCCCCCCC(C)C)COP(=O)(O)OC[C@@H](O)COP(=O)(O)OC[C@@H](COC(=O)CCCCCCCCC)OC(=O)CCCCCCCCC(C)CC. The van der Waals surface area contributed by atoms with E-state index in [1.54, 1.807) is 0 Å². The molecule has 6 atom stereocenters. The summed E-state index contributed by atoms with van der Waals surface area (Å²) in [7, 11) is -9.90. The topological polar surface area (TPSA) is 237 Å². The Morgan fingerprint density at radius 1 is 0.322 bits per heavy atom. The van der Waals surface area contributed by atoms with Crippen LogP contribution in [0.25, 0.3) is 0 Å². The largest absolute Gasteiger partial charge is 0.472 e. The summed E-state index contributed by atoms with van der Waals surface area (Å²) >= 11 is 0. The van der Waals surface area contributed by atoms with Crippen LogP contribution in [0.5, 0.6) is 0 Å². The van der Waals surface area contributed by atoms with Gasteiger partial charge in [0.15, 0.2) is 12.2 Å². The van der Waals surface area contributed by atoms with Crippen molar-refractivity contribution in [1.82, 2.24) is 0 Å². The first-order valence-electron chi connectivity index (χ1n) is 37.0. The molecule has 0 rings (SSSR count). The second kappa shape index (κ2) is 63.1. The van der Waals surface area contributed by atoms with Gasteiger partial charge in [-0.15, -0.1) is 0 Å². The Morgan fingerprint density at radius 2 is 0.567 bits per heavy atom. The van der Waals surface area contributed by atoms with Crippen molar-refractivity contribution < 1.29 is 80.2 Å². The van der Waals surface area contributed by atoms with Crippen molar-refractivity contribution in [3.05, 3.63) is 0 Å². The second-order valence-corrected chi connectivity index (χ2v) is 29.3. The molecule has 90 heavy (non-hydrogen) atoms. The van der Waals surface area contributed by atoms with Crippen molar-refractivity contribution in [3.8, 4) is 0 Å². The van der Waals surface area contributed by atoms with E-state index in [1.165, 1.54) is 167 Å². The maximum absolute atomic E-state index is 13.0. The lowest BCUT2D eigenvalue weighted by Crippen LogP contribution is -2.30. The van der Waals surface area contributed by atoms with Gasteiger partial charge in [-0.3, -0.25) is 37.3 Å². The molecular formula is C71H138O17P2. The number of phosphoric ester groups is 2. The van der Waals surface area contributed by atoms with E-state index in [4.69, 9.17) is 37.0 Å². The number of aliphatic hydroxyl groups is 1. The van der Waals surface area contributed by atoms with E-state index in [1.807, 2.05) is 0 Å². The molecule has 0 aliphatic rings. The maximum atomic E-state index is 13.0. The number of unbranched alkanes of at least 4 members (excludes halogenated alkanes) is 39. The molecule has 0 radical (unpaired) electrons. The minimum Gasteiger partial charge on any atom is -0.462 e. The minimum atomic E-state index is -4.95. The Labute approximate surface area is 549 Å². The quantitative estimate of drug-likeness (QED) is 0.0222. The van der Waals surface area contributed by atoms with Crippen molar-refractivity contribution in [3.63, 3.8) is 0 Å². The summed E-state index contributed by atoms with van der Waals surface area (Å²) < 4.78 is 68.2. The predicted molar refractivity (Wildman–Crippen MR) is 363 cm³/mol. The van der Waals surface area contributed by atoms with Gasteiger partial charge in [0.05, 0.1) is 26.4 Å². The number of phosphoric acid groups is 2. The van der Waals surface area contributed by atoms with E-state index >= 15 is 0 Å². The summed E-state index contributed by atoms with van der Waals surface area (Å²) in [5.74, 6) is -0.639. The van der Waals surface area contributed by atoms with Crippen LogP contribution in [-0.4, -0.2) is 96.7 Å². The van der Waals surface area contributed by atoms with Crippen LogP contribution in [-0.2, 0) is 65.4 Å². The predicted octanol–water partition coefficient (Wildman–Crippen LogP) is 20.4. The highest BCUT2D eigenvalue weighted by Gasteiger charge is 2.30. The molecule has 0 aromatic rings. The number of hydrogen-bond acceptors (Lipinski definition) is 15. The smallest absolute Gasteiger partial charge is 0.462 e. The molecule has 0 aliphatic heterocycles. The first-order valence-corrected chi connectivity index (χ1v) is 40.0. The molecular weight excluding hydrogens is 1190 g/mol. The molecule has 0 heterocycles. The molecule has 0 saturated carbocycles. The summed E-state index contributed by atoms with van der Waals surface area (Å²) in [6.45, 7) is 9.47. The first kappa shape index (κ1) is 88.1. The molecule has 0 aromatic heterocycles. The number of ether oxygens (including phenoxy) is 4. The molecule has 0 saturated heterocycles. The average molecular weight is 1330 g/mol. The van der Waals surface area contributed by atoms with Crippen LogP contribution < -0.4 is 0 Å². The molecule has 17 nitrogen and oxygen atoms in total. The first-order chi connectivity index (χ1) is 43.4. The Morgan fingerprint density at radius 3 is 0.844 bits per heavy atom. The zero-order valence-electron chi connectivity index (χ0n) is 58.4. The molecule has 0 spiro atoms. The highest BCUT2D eigenvalue weighted by Crippen LogP contribution is 2.45. The van der Waals surface area contributed by atoms with Crippen LogP contribution in [0.4, 0.5) is 0 Å². The van der Waals surface area contributed by atoms with Gasteiger partial charge >= 0.3 is 39.5 Å². The highest BCUT2D eigenvalue weighted by atomic mass is 31.2. The van der Waals surface area contributed by atoms with Crippen LogP contribution in [0.1, 0.15) is 363 Å². The molecule has 534 valence electrons. The van der Waals surface area contributed by atoms with Crippen molar-refractivity contribution in [2.45, 2.75) is 381 Å². The highest BCUT2D eigenvalue weighted by molar-refractivity contribution is 7.47. The number of carbonyl (C=O) groups is 4. The number of carbonyl (C=O) groups excluding carboxylic acids is 4. The van der Waals surface area contributed by atoms with Gasteiger partial charge in [-0.05, 0) is 37.5 Å². The van der Waals surface area contributed by atoms with Crippen molar-refractivity contribution in [2.24, 2.45) is 11.8 Å². The summed E-state index contributed by atoms with van der Waals surface area (Å²) in [6.07, 6.45) is 48.8.